The number of aromatic nitrogens is 2. The van der Waals surface area contributed by atoms with Gasteiger partial charge in [-0.25, -0.2) is 8.42 Å². The van der Waals surface area contributed by atoms with Crippen LogP contribution >= 0.6 is 11.6 Å². The van der Waals surface area contributed by atoms with Crippen molar-refractivity contribution in [2.75, 3.05) is 17.1 Å². The van der Waals surface area contributed by atoms with Gasteiger partial charge in [0.25, 0.3) is 15.9 Å². The number of amides is 1. The minimum absolute atomic E-state index is 0.0167. The molecule has 1 amide bonds. The first-order valence-corrected chi connectivity index (χ1v) is 11.4. The van der Waals surface area contributed by atoms with Crippen LogP contribution in [-0.4, -0.2) is 31.6 Å². The molecule has 4 aromatic rings. The highest BCUT2D eigenvalue weighted by Gasteiger charge is 2.20. The number of rotatable bonds is 7. The average molecular weight is 485 g/mol. The highest BCUT2D eigenvalue weighted by molar-refractivity contribution is 7.92. The lowest BCUT2D eigenvalue weighted by molar-refractivity contribution is 0.102. The maximum Gasteiger partial charge on any atom is 0.322 e. The molecule has 0 atom stereocenters. The van der Waals surface area contributed by atoms with E-state index in [1.54, 1.807) is 36.4 Å². The summed E-state index contributed by atoms with van der Waals surface area (Å²) in [5.74, 6) is 0.0797. The SMILES string of the molecule is COc1ccc(S(=O)(=O)Nc2ccccc2C(=O)Nc2nnc(-c3ccc(Cl)cc3)o2)cc1. The third kappa shape index (κ3) is 5.13. The Bertz CT molecular complexity index is 1390. The van der Waals surface area contributed by atoms with Crippen molar-refractivity contribution >= 4 is 39.2 Å². The van der Waals surface area contributed by atoms with Crippen LogP contribution in [0.4, 0.5) is 11.7 Å². The zero-order valence-electron chi connectivity index (χ0n) is 17.2. The fourth-order valence-corrected chi connectivity index (χ4v) is 4.08. The molecule has 0 radical (unpaired) electrons. The molecule has 1 aromatic heterocycles. The maximum absolute atomic E-state index is 12.8. The van der Waals surface area contributed by atoms with Crippen LogP contribution in [0.2, 0.25) is 5.02 Å². The van der Waals surface area contributed by atoms with E-state index in [2.05, 4.69) is 20.2 Å². The van der Waals surface area contributed by atoms with Crippen molar-refractivity contribution in [1.82, 2.24) is 10.2 Å². The van der Waals surface area contributed by atoms with Crippen LogP contribution in [0.3, 0.4) is 0 Å². The van der Waals surface area contributed by atoms with E-state index in [1.807, 2.05) is 0 Å². The lowest BCUT2D eigenvalue weighted by Gasteiger charge is -2.12. The molecule has 0 bridgehead atoms. The summed E-state index contributed by atoms with van der Waals surface area (Å²) in [5.41, 5.74) is 0.782. The van der Waals surface area contributed by atoms with Gasteiger partial charge >= 0.3 is 6.01 Å². The number of nitrogens with zero attached hydrogens (tertiary/aromatic N) is 2. The number of anilines is 2. The lowest BCUT2D eigenvalue weighted by Crippen LogP contribution is -2.18. The van der Waals surface area contributed by atoms with Gasteiger partial charge in [0.2, 0.25) is 5.89 Å². The Labute approximate surface area is 194 Å². The predicted octanol–water partition coefficient (Wildman–Crippen LogP) is 4.45. The summed E-state index contributed by atoms with van der Waals surface area (Å²) in [4.78, 5) is 12.8. The molecule has 9 nitrogen and oxygen atoms in total. The number of methoxy groups -OCH3 is 1. The number of nitrogens with one attached hydrogen (secondary N) is 2. The second-order valence-corrected chi connectivity index (χ2v) is 8.82. The second-order valence-electron chi connectivity index (χ2n) is 6.70. The summed E-state index contributed by atoms with van der Waals surface area (Å²) in [5, 5.41) is 10.8. The molecule has 0 aliphatic carbocycles. The fourth-order valence-electron chi connectivity index (χ4n) is 2.88. The predicted molar refractivity (Wildman–Crippen MR) is 123 cm³/mol. The summed E-state index contributed by atoms with van der Waals surface area (Å²) in [6.45, 7) is 0. The summed E-state index contributed by atoms with van der Waals surface area (Å²) in [6.07, 6.45) is 0. The number of ether oxygens (including phenoxy) is 1. The zero-order valence-corrected chi connectivity index (χ0v) is 18.7. The fraction of sp³-hybridized carbons (Fsp3) is 0.0455. The molecule has 3 aromatic carbocycles. The molecule has 0 aliphatic rings. The molecule has 0 saturated carbocycles. The van der Waals surface area contributed by atoms with E-state index in [9.17, 15) is 13.2 Å². The number of para-hydroxylation sites is 1. The molecule has 0 aliphatic heterocycles. The third-order valence-electron chi connectivity index (χ3n) is 4.52. The van der Waals surface area contributed by atoms with Gasteiger partial charge in [-0.3, -0.25) is 14.8 Å². The summed E-state index contributed by atoms with van der Waals surface area (Å²) in [6, 6.07) is 18.6. The number of halogens is 1. The van der Waals surface area contributed by atoms with Crippen molar-refractivity contribution in [3.63, 3.8) is 0 Å². The van der Waals surface area contributed by atoms with Gasteiger partial charge in [-0.2, -0.15) is 0 Å². The minimum atomic E-state index is -3.95. The lowest BCUT2D eigenvalue weighted by atomic mass is 10.2. The van der Waals surface area contributed by atoms with Crippen LogP contribution in [0.25, 0.3) is 11.5 Å². The molecule has 1 heterocycles. The monoisotopic (exact) mass is 484 g/mol. The van der Waals surface area contributed by atoms with Gasteiger partial charge in [-0.05, 0) is 60.7 Å². The number of hydrogen-bond donors (Lipinski definition) is 2. The van der Waals surface area contributed by atoms with E-state index >= 15 is 0 Å². The average Bonchev–Trinajstić information content (AvgIpc) is 3.28. The smallest absolute Gasteiger partial charge is 0.322 e. The molecule has 33 heavy (non-hydrogen) atoms. The van der Waals surface area contributed by atoms with E-state index < -0.39 is 15.9 Å². The molecular weight excluding hydrogens is 468 g/mol. The highest BCUT2D eigenvalue weighted by atomic mass is 35.5. The van der Waals surface area contributed by atoms with Gasteiger partial charge in [-0.15, -0.1) is 5.10 Å². The minimum Gasteiger partial charge on any atom is -0.497 e. The normalized spacial score (nSPS) is 11.1. The van der Waals surface area contributed by atoms with Gasteiger partial charge in [0.15, 0.2) is 0 Å². The second kappa shape index (κ2) is 9.31. The van der Waals surface area contributed by atoms with Crippen molar-refractivity contribution in [3.8, 4) is 17.2 Å². The molecule has 0 saturated heterocycles. The molecule has 0 unspecified atom stereocenters. The maximum atomic E-state index is 12.8. The van der Waals surface area contributed by atoms with Gasteiger partial charge in [0.05, 0.1) is 23.3 Å². The molecule has 2 N–H and O–H groups in total. The van der Waals surface area contributed by atoms with E-state index in [4.69, 9.17) is 20.8 Å². The van der Waals surface area contributed by atoms with Gasteiger partial charge in [0.1, 0.15) is 5.75 Å². The summed E-state index contributed by atoms with van der Waals surface area (Å²) >= 11 is 5.88. The molecule has 0 spiro atoms. The van der Waals surface area contributed by atoms with Crippen LogP contribution in [0.15, 0.2) is 82.1 Å². The first-order chi connectivity index (χ1) is 15.9. The quantitative estimate of drug-likeness (QED) is 0.397. The number of carbonyl (C=O) groups excluding carboxylic acids is 1. The van der Waals surface area contributed by atoms with Crippen LogP contribution in [0.1, 0.15) is 10.4 Å². The molecular formula is C22H17ClN4O5S. The topological polar surface area (TPSA) is 123 Å². The highest BCUT2D eigenvalue weighted by Crippen LogP contribution is 2.24. The molecule has 168 valence electrons. The number of hydrogen-bond acceptors (Lipinski definition) is 7. The molecule has 4 rings (SSSR count). The first-order valence-electron chi connectivity index (χ1n) is 9.52. The summed E-state index contributed by atoms with van der Waals surface area (Å²) in [7, 11) is -2.47. The van der Waals surface area contributed by atoms with E-state index in [-0.39, 0.29) is 28.1 Å². The van der Waals surface area contributed by atoms with Crippen LogP contribution in [0, 0.1) is 0 Å². The Morgan fingerprint density at radius 2 is 1.67 bits per heavy atom. The number of benzene rings is 3. The molecule has 0 fully saturated rings. The van der Waals surface area contributed by atoms with Gasteiger partial charge in [-0.1, -0.05) is 28.8 Å². The standard InChI is InChI=1S/C22H17ClN4O5S/c1-31-16-10-12-17(13-11-16)33(29,30)27-19-5-3-2-4-18(19)20(28)24-22-26-25-21(32-22)14-6-8-15(23)9-7-14/h2-13,27H,1H3,(H,24,26,28). The van der Waals surface area contributed by atoms with Crippen LogP contribution in [0.5, 0.6) is 5.75 Å². The van der Waals surface area contributed by atoms with Crippen molar-refractivity contribution in [1.29, 1.82) is 0 Å². The Kier molecular flexibility index (Phi) is 6.29. The van der Waals surface area contributed by atoms with Gasteiger partial charge < -0.3 is 9.15 Å². The first kappa shape index (κ1) is 22.3. The number of sulfonamides is 1. The van der Waals surface area contributed by atoms with Crippen LogP contribution < -0.4 is 14.8 Å². The Hall–Kier alpha value is -3.89. The van der Waals surface area contributed by atoms with Crippen LogP contribution in [-0.2, 0) is 10.0 Å². The van der Waals surface area contributed by atoms with Crippen molar-refractivity contribution in [3.05, 3.63) is 83.4 Å². The van der Waals surface area contributed by atoms with Crippen molar-refractivity contribution < 1.29 is 22.4 Å². The molecule has 11 heteroatoms. The van der Waals surface area contributed by atoms with E-state index in [1.165, 1.54) is 43.5 Å². The van der Waals surface area contributed by atoms with Gasteiger partial charge in [0, 0.05) is 10.6 Å². The Morgan fingerprint density at radius 3 is 2.36 bits per heavy atom. The zero-order chi connectivity index (χ0) is 23.4. The number of carbonyl (C=O) groups is 1. The Balaban J connectivity index is 1.53. The third-order valence-corrected chi connectivity index (χ3v) is 6.16. The Morgan fingerprint density at radius 1 is 0.970 bits per heavy atom. The van der Waals surface area contributed by atoms with Crippen molar-refractivity contribution in [2.24, 2.45) is 0 Å². The summed E-state index contributed by atoms with van der Waals surface area (Å²) < 4.78 is 38.5. The largest absolute Gasteiger partial charge is 0.497 e. The van der Waals surface area contributed by atoms with Crippen molar-refractivity contribution in [2.45, 2.75) is 4.90 Å². The van der Waals surface area contributed by atoms with E-state index in [0.717, 1.165) is 0 Å². The van der Waals surface area contributed by atoms with E-state index in [0.29, 0.717) is 16.3 Å².